The molecule has 0 heterocycles. The van der Waals surface area contributed by atoms with Crippen LogP contribution in [-0.4, -0.2) is 25.0 Å². The number of halogens is 1. The molecule has 0 unspecified atom stereocenters. The maximum atomic E-state index is 3.71. The SMILES string of the molecule is CCCNCc1ccc(CN(C)CCC(C)C)c(Br)c1. The van der Waals surface area contributed by atoms with E-state index in [0.29, 0.717) is 0 Å². The van der Waals surface area contributed by atoms with Crippen LogP contribution in [0.2, 0.25) is 0 Å². The van der Waals surface area contributed by atoms with Crippen LogP contribution in [0.4, 0.5) is 0 Å². The third kappa shape index (κ3) is 6.87. The molecule has 3 heteroatoms. The van der Waals surface area contributed by atoms with E-state index in [-0.39, 0.29) is 0 Å². The number of hydrogen-bond acceptors (Lipinski definition) is 2. The van der Waals surface area contributed by atoms with Crippen molar-refractivity contribution in [3.8, 4) is 0 Å². The zero-order chi connectivity index (χ0) is 15.0. The Bertz CT molecular complexity index is 391. The minimum absolute atomic E-state index is 0.771. The number of hydrogen-bond donors (Lipinski definition) is 1. The van der Waals surface area contributed by atoms with Gasteiger partial charge in [-0.2, -0.15) is 0 Å². The second kappa shape index (κ2) is 9.54. The second-order valence-corrected chi connectivity index (χ2v) is 6.88. The Morgan fingerprint density at radius 2 is 2.05 bits per heavy atom. The molecular formula is C17H29BrN2. The Kier molecular flexibility index (Phi) is 8.43. The molecule has 1 aromatic rings. The van der Waals surface area contributed by atoms with Gasteiger partial charge in [0.1, 0.15) is 0 Å². The molecule has 0 amide bonds. The minimum atomic E-state index is 0.771. The standard InChI is InChI=1S/C17H29BrN2/c1-5-9-19-12-15-6-7-16(17(18)11-15)13-20(4)10-8-14(2)3/h6-7,11,14,19H,5,8-10,12-13H2,1-4H3. The molecular weight excluding hydrogens is 312 g/mol. The van der Waals surface area contributed by atoms with Gasteiger partial charge in [-0.3, -0.25) is 0 Å². The van der Waals surface area contributed by atoms with E-state index < -0.39 is 0 Å². The van der Waals surface area contributed by atoms with Crippen molar-refractivity contribution in [2.45, 2.75) is 46.7 Å². The summed E-state index contributed by atoms with van der Waals surface area (Å²) in [6.45, 7) is 11.0. The first kappa shape index (κ1) is 17.7. The topological polar surface area (TPSA) is 15.3 Å². The summed E-state index contributed by atoms with van der Waals surface area (Å²) in [6.07, 6.45) is 2.44. The predicted molar refractivity (Wildman–Crippen MR) is 91.9 cm³/mol. The first-order valence-electron chi connectivity index (χ1n) is 7.69. The van der Waals surface area contributed by atoms with Gasteiger partial charge in [0.15, 0.2) is 0 Å². The second-order valence-electron chi connectivity index (χ2n) is 6.02. The van der Waals surface area contributed by atoms with Crippen LogP contribution in [0.1, 0.15) is 44.7 Å². The Morgan fingerprint density at radius 1 is 1.30 bits per heavy atom. The van der Waals surface area contributed by atoms with E-state index in [1.54, 1.807) is 0 Å². The van der Waals surface area contributed by atoms with Crippen LogP contribution >= 0.6 is 15.9 Å². The van der Waals surface area contributed by atoms with Crippen molar-refractivity contribution in [2.75, 3.05) is 20.1 Å². The van der Waals surface area contributed by atoms with Crippen molar-refractivity contribution in [2.24, 2.45) is 5.92 Å². The van der Waals surface area contributed by atoms with Gasteiger partial charge >= 0.3 is 0 Å². The molecule has 0 saturated heterocycles. The Morgan fingerprint density at radius 3 is 2.65 bits per heavy atom. The number of nitrogens with one attached hydrogen (secondary N) is 1. The highest BCUT2D eigenvalue weighted by Gasteiger charge is 2.06. The highest BCUT2D eigenvalue weighted by Crippen LogP contribution is 2.20. The average molecular weight is 341 g/mol. The number of rotatable bonds is 9. The lowest BCUT2D eigenvalue weighted by atomic mass is 10.1. The van der Waals surface area contributed by atoms with Gasteiger partial charge in [-0.1, -0.05) is 48.8 Å². The molecule has 0 aliphatic heterocycles. The van der Waals surface area contributed by atoms with Gasteiger partial charge in [0.2, 0.25) is 0 Å². The molecule has 20 heavy (non-hydrogen) atoms. The van der Waals surface area contributed by atoms with Gasteiger partial charge in [-0.05, 0) is 56.1 Å². The van der Waals surface area contributed by atoms with E-state index in [1.165, 1.54) is 28.4 Å². The largest absolute Gasteiger partial charge is 0.313 e. The van der Waals surface area contributed by atoms with Crippen molar-refractivity contribution in [3.05, 3.63) is 33.8 Å². The molecule has 0 bridgehead atoms. The lowest BCUT2D eigenvalue weighted by molar-refractivity contribution is 0.303. The predicted octanol–water partition coefficient (Wildman–Crippen LogP) is 4.43. The van der Waals surface area contributed by atoms with E-state index in [9.17, 15) is 0 Å². The van der Waals surface area contributed by atoms with E-state index >= 15 is 0 Å². The molecule has 0 fully saturated rings. The molecule has 0 aromatic heterocycles. The Balaban J connectivity index is 2.50. The van der Waals surface area contributed by atoms with Gasteiger partial charge in [-0.15, -0.1) is 0 Å². The fraction of sp³-hybridized carbons (Fsp3) is 0.647. The molecule has 0 spiro atoms. The van der Waals surface area contributed by atoms with Crippen molar-refractivity contribution in [1.82, 2.24) is 10.2 Å². The van der Waals surface area contributed by atoms with E-state index in [2.05, 4.69) is 72.2 Å². The molecule has 0 atom stereocenters. The molecule has 114 valence electrons. The van der Waals surface area contributed by atoms with Gasteiger partial charge in [-0.25, -0.2) is 0 Å². The zero-order valence-electron chi connectivity index (χ0n) is 13.4. The fourth-order valence-electron chi connectivity index (χ4n) is 2.09. The van der Waals surface area contributed by atoms with Crippen molar-refractivity contribution >= 4 is 15.9 Å². The molecule has 2 nitrogen and oxygen atoms in total. The van der Waals surface area contributed by atoms with E-state index in [0.717, 1.165) is 32.1 Å². The fourth-order valence-corrected chi connectivity index (χ4v) is 2.64. The average Bonchev–Trinajstić information content (AvgIpc) is 2.40. The first-order chi connectivity index (χ1) is 9.52. The maximum absolute atomic E-state index is 3.71. The van der Waals surface area contributed by atoms with Crippen molar-refractivity contribution < 1.29 is 0 Å². The summed E-state index contributed by atoms with van der Waals surface area (Å²) in [5.41, 5.74) is 2.72. The smallest absolute Gasteiger partial charge is 0.0241 e. The van der Waals surface area contributed by atoms with Crippen molar-refractivity contribution in [1.29, 1.82) is 0 Å². The monoisotopic (exact) mass is 340 g/mol. The zero-order valence-corrected chi connectivity index (χ0v) is 15.0. The van der Waals surface area contributed by atoms with Crippen LogP contribution in [0, 0.1) is 5.92 Å². The Hall–Kier alpha value is -0.380. The minimum Gasteiger partial charge on any atom is -0.313 e. The van der Waals surface area contributed by atoms with Crippen LogP contribution < -0.4 is 5.32 Å². The molecule has 0 aliphatic carbocycles. The summed E-state index contributed by atoms with van der Waals surface area (Å²) >= 11 is 3.71. The van der Waals surface area contributed by atoms with Crippen LogP contribution in [0.5, 0.6) is 0 Å². The van der Waals surface area contributed by atoms with Crippen molar-refractivity contribution in [3.63, 3.8) is 0 Å². The normalized spacial score (nSPS) is 11.6. The van der Waals surface area contributed by atoms with Gasteiger partial charge in [0.25, 0.3) is 0 Å². The third-order valence-corrected chi connectivity index (χ3v) is 4.14. The summed E-state index contributed by atoms with van der Waals surface area (Å²) in [5.74, 6) is 0.771. The quantitative estimate of drug-likeness (QED) is 0.669. The first-order valence-corrected chi connectivity index (χ1v) is 8.48. The summed E-state index contributed by atoms with van der Waals surface area (Å²) < 4.78 is 1.23. The van der Waals surface area contributed by atoms with Gasteiger partial charge < -0.3 is 10.2 Å². The molecule has 0 radical (unpaired) electrons. The van der Waals surface area contributed by atoms with E-state index in [1.807, 2.05) is 0 Å². The Labute approximate surface area is 133 Å². The highest BCUT2D eigenvalue weighted by molar-refractivity contribution is 9.10. The molecule has 1 N–H and O–H groups in total. The lowest BCUT2D eigenvalue weighted by Gasteiger charge is -2.19. The lowest BCUT2D eigenvalue weighted by Crippen LogP contribution is -2.20. The summed E-state index contributed by atoms with van der Waals surface area (Å²) in [4.78, 5) is 2.40. The van der Waals surface area contributed by atoms with Crippen LogP contribution in [0.3, 0.4) is 0 Å². The van der Waals surface area contributed by atoms with Crippen LogP contribution in [0.15, 0.2) is 22.7 Å². The molecule has 0 saturated carbocycles. The van der Waals surface area contributed by atoms with Crippen LogP contribution in [0.25, 0.3) is 0 Å². The number of nitrogens with zero attached hydrogens (tertiary/aromatic N) is 1. The van der Waals surface area contributed by atoms with Gasteiger partial charge in [0.05, 0.1) is 0 Å². The van der Waals surface area contributed by atoms with Gasteiger partial charge in [0, 0.05) is 17.6 Å². The maximum Gasteiger partial charge on any atom is 0.0241 e. The summed E-state index contributed by atoms with van der Waals surface area (Å²) in [5, 5.41) is 3.44. The number of benzene rings is 1. The molecule has 0 aliphatic rings. The van der Waals surface area contributed by atoms with E-state index in [4.69, 9.17) is 0 Å². The highest BCUT2D eigenvalue weighted by atomic mass is 79.9. The molecule has 1 aromatic carbocycles. The molecule has 1 rings (SSSR count). The van der Waals surface area contributed by atoms with Crippen LogP contribution in [-0.2, 0) is 13.1 Å². The summed E-state index contributed by atoms with van der Waals surface area (Å²) in [7, 11) is 2.20. The third-order valence-electron chi connectivity index (χ3n) is 3.40. The summed E-state index contributed by atoms with van der Waals surface area (Å²) in [6, 6.07) is 6.73.